The lowest BCUT2D eigenvalue weighted by Gasteiger charge is -2.26. The first-order valence-corrected chi connectivity index (χ1v) is 18.3. The molecule has 6 rings (SSSR count). The number of nitrogens with zero attached hydrogens (tertiary/aromatic N) is 4. The number of carbonyl (C=O) groups excluding carboxylic acids is 2. The molecule has 286 valence electrons. The van der Waals surface area contributed by atoms with E-state index in [1.54, 1.807) is 35.2 Å². The van der Waals surface area contributed by atoms with Gasteiger partial charge >= 0.3 is 0 Å². The standard InChI is InChI=1S/C40H47FN6O7/c1-27-9-7-10-28(2)37(27)44-38(49)31-25-42-40(43-29-11-13-33(32(41)23-29)52-20-8-17-46-15-5-4-6-16-46)45-39(31)54-34-14-12-30(24-35(34)50-3)53-26-36(48)47-18-21-51-22-19-47/h7,9-14,23-25H,4-6,8,15-22,26H2,1-3H3,(H,44,49)(H,42,43,45). The number of hydrogen-bond donors (Lipinski definition) is 2. The summed E-state index contributed by atoms with van der Waals surface area (Å²) in [6.07, 6.45) is 5.88. The number of likely N-dealkylation sites (tertiary alicyclic amines) is 1. The number of hydrogen-bond acceptors (Lipinski definition) is 11. The van der Waals surface area contributed by atoms with Crippen molar-refractivity contribution in [1.29, 1.82) is 0 Å². The van der Waals surface area contributed by atoms with E-state index in [2.05, 4.69) is 25.5 Å². The molecule has 2 aliphatic heterocycles. The van der Waals surface area contributed by atoms with E-state index in [9.17, 15) is 9.59 Å². The molecule has 2 saturated heterocycles. The third kappa shape index (κ3) is 10.1. The molecule has 1 aromatic heterocycles. The van der Waals surface area contributed by atoms with Crippen LogP contribution in [-0.2, 0) is 9.53 Å². The van der Waals surface area contributed by atoms with Crippen LogP contribution in [0.5, 0.6) is 28.9 Å². The van der Waals surface area contributed by atoms with Gasteiger partial charge in [0.2, 0.25) is 11.8 Å². The van der Waals surface area contributed by atoms with Gasteiger partial charge in [0, 0.05) is 49.3 Å². The highest BCUT2D eigenvalue weighted by molar-refractivity contribution is 6.06. The van der Waals surface area contributed by atoms with Crippen LogP contribution in [0.4, 0.5) is 21.7 Å². The highest BCUT2D eigenvalue weighted by atomic mass is 19.1. The predicted molar refractivity (Wildman–Crippen MR) is 202 cm³/mol. The van der Waals surface area contributed by atoms with Gasteiger partial charge in [0.05, 0.1) is 26.9 Å². The highest BCUT2D eigenvalue weighted by Gasteiger charge is 2.22. The third-order valence-corrected chi connectivity index (χ3v) is 9.30. The second-order valence-corrected chi connectivity index (χ2v) is 13.2. The number of anilines is 3. The third-order valence-electron chi connectivity index (χ3n) is 9.30. The van der Waals surface area contributed by atoms with Gasteiger partial charge in [-0.2, -0.15) is 4.98 Å². The van der Waals surface area contributed by atoms with Crippen molar-refractivity contribution in [2.75, 3.05) is 76.9 Å². The fourth-order valence-corrected chi connectivity index (χ4v) is 6.31. The SMILES string of the molecule is COc1cc(OCC(=O)N2CCOCC2)ccc1Oc1nc(Nc2ccc(OCCCN3CCCCC3)c(F)c2)ncc1C(=O)Nc1c(C)cccc1C. The van der Waals surface area contributed by atoms with E-state index < -0.39 is 11.7 Å². The summed E-state index contributed by atoms with van der Waals surface area (Å²) in [5.41, 5.74) is 2.83. The number of amides is 2. The van der Waals surface area contributed by atoms with E-state index in [0.717, 1.165) is 37.2 Å². The molecular weight excluding hydrogens is 695 g/mol. The number of carbonyl (C=O) groups is 2. The summed E-state index contributed by atoms with van der Waals surface area (Å²) in [7, 11) is 1.46. The van der Waals surface area contributed by atoms with Gasteiger partial charge in [0.1, 0.15) is 11.3 Å². The largest absolute Gasteiger partial charge is 0.493 e. The maximum atomic E-state index is 15.1. The van der Waals surface area contributed by atoms with E-state index in [4.69, 9.17) is 23.7 Å². The van der Waals surface area contributed by atoms with Gasteiger partial charge in [0.25, 0.3) is 11.8 Å². The second kappa shape index (κ2) is 18.5. The number of aromatic nitrogens is 2. The average molecular weight is 743 g/mol. The lowest BCUT2D eigenvalue weighted by Crippen LogP contribution is -2.42. The smallest absolute Gasteiger partial charge is 0.262 e. The van der Waals surface area contributed by atoms with Crippen molar-refractivity contribution in [3.63, 3.8) is 0 Å². The number of piperidine rings is 1. The van der Waals surface area contributed by atoms with E-state index in [0.29, 0.717) is 50.0 Å². The van der Waals surface area contributed by atoms with Gasteiger partial charge in [-0.15, -0.1) is 0 Å². The second-order valence-electron chi connectivity index (χ2n) is 13.2. The van der Waals surface area contributed by atoms with Crippen LogP contribution in [0.1, 0.15) is 47.2 Å². The molecule has 3 heterocycles. The Hall–Kier alpha value is -5.47. The van der Waals surface area contributed by atoms with Crippen molar-refractivity contribution in [3.8, 4) is 28.9 Å². The lowest BCUT2D eigenvalue weighted by atomic mass is 10.1. The van der Waals surface area contributed by atoms with Crippen molar-refractivity contribution in [3.05, 3.63) is 83.3 Å². The molecule has 14 heteroatoms. The Bertz CT molecular complexity index is 1900. The normalized spacial score (nSPS) is 14.6. The number of halogens is 1. The first kappa shape index (κ1) is 38.3. The van der Waals surface area contributed by atoms with Gasteiger partial charge in [0.15, 0.2) is 29.7 Å². The molecule has 0 spiro atoms. The monoisotopic (exact) mass is 742 g/mol. The van der Waals surface area contributed by atoms with Crippen molar-refractivity contribution in [1.82, 2.24) is 19.8 Å². The van der Waals surface area contributed by atoms with Crippen LogP contribution in [0.15, 0.2) is 60.8 Å². The molecule has 0 radical (unpaired) electrons. The molecule has 13 nitrogen and oxygen atoms in total. The van der Waals surface area contributed by atoms with Crippen LogP contribution in [0, 0.1) is 19.7 Å². The molecule has 3 aromatic carbocycles. The number of nitrogens with one attached hydrogen (secondary N) is 2. The maximum Gasteiger partial charge on any atom is 0.262 e. The summed E-state index contributed by atoms with van der Waals surface area (Å²) in [6, 6.07) is 15.0. The predicted octanol–water partition coefficient (Wildman–Crippen LogP) is 6.52. The van der Waals surface area contributed by atoms with E-state index in [1.165, 1.54) is 38.6 Å². The average Bonchev–Trinajstić information content (AvgIpc) is 3.19. The molecule has 0 atom stereocenters. The molecule has 54 heavy (non-hydrogen) atoms. The van der Waals surface area contributed by atoms with Crippen LogP contribution in [0.25, 0.3) is 0 Å². The number of ether oxygens (including phenoxy) is 5. The zero-order chi connectivity index (χ0) is 37.9. The molecule has 4 aromatic rings. The zero-order valence-corrected chi connectivity index (χ0v) is 31.0. The van der Waals surface area contributed by atoms with E-state index in [-0.39, 0.29) is 47.2 Å². The fourth-order valence-electron chi connectivity index (χ4n) is 6.31. The van der Waals surface area contributed by atoms with Crippen molar-refractivity contribution in [2.24, 2.45) is 0 Å². The molecule has 2 N–H and O–H groups in total. The van der Waals surface area contributed by atoms with E-state index >= 15 is 4.39 Å². The van der Waals surface area contributed by atoms with Crippen molar-refractivity contribution in [2.45, 2.75) is 39.5 Å². The quantitative estimate of drug-likeness (QED) is 0.129. The summed E-state index contributed by atoms with van der Waals surface area (Å²) < 4.78 is 43.8. The Morgan fingerprint density at radius 2 is 1.67 bits per heavy atom. The summed E-state index contributed by atoms with van der Waals surface area (Å²) in [5, 5.41) is 5.96. The Morgan fingerprint density at radius 3 is 2.41 bits per heavy atom. The maximum absolute atomic E-state index is 15.1. The Morgan fingerprint density at radius 1 is 0.907 bits per heavy atom. The number of morpholine rings is 1. The van der Waals surface area contributed by atoms with Crippen LogP contribution in [0.3, 0.4) is 0 Å². The Labute approximate surface area is 314 Å². The van der Waals surface area contributed by atoms with Crippen molar-refractivity contribution >= 4 is 29.1 Å². The van der Waals surface area contributed by atoms with Crippen LogP contribution in [-0.4, -0.2) is 97.8 Å². The summed E-state index contributed by atoms with van der Waals surface area (Å²) in [4.78, 5) is 39.3. The summed E-state index contributed by atoms with van der Waals surface area (Å²) in [5.74, 6) is -0.160. The van der Waals surface area contributed by atoms with Gasteiger partial charge in [-0.05, 0) is 81.6 Å². The number of rotatable bonds is 15. The van der Waals surface area contributed by atoms with Crippen LogP contribution >= 0.6 is 0 Å². The van der Waals surface area contributed by atoms with Crippen LogP contribution < -0.4 is 29.6 Å². The van der Waals surface area contributed by atoms with Crippen molar-refractivity contribution < 1.29 is 37.7 Å². The summed E-state index contributed by atoms with van der Waals surface area (Å²) >= 11 is 0. The summed E-state index contributed by atoms with van der Waals surface area (Å²) in [6.45, 7) is 9.23. The zero-order valence-electron chi connectivity index (χ0n) is 31.0. The minimum atomic E-state index is -0.530. The van der Waals surface area contributed by atoms with Gasteiger partial charge in [-0.1, -0.05) is 24.6 Å². The molecular formula is C40H47FN6O7. The first-order chi connectivity index (χ1) is 26.3. The molecule has 0 unspecified atom stereocenters. The van der Waals surface area contributed by atoms with Gasteiger partial charge in [-0.25, -0.2) is 9.37 Å². The number of methoxy groups -OCH3 is 1. The van der Waals surface area contributed by atoms with Gasteiger partial charge < -0.3 is 44.1 Å². The van der Waals surface area contributed by atoms with E-state index in [1.807, 2.05) is 32.0 Å². The topological polar surface area (TPSA) is 137 Å². The highest BCUT2D eigenvalue weighted by Crippen LogP contribution is 2.36. The Kier molecular flexibility index (Phi) is 13.1. The minimum Gasteiger partial charge on any atom is -0.493 e. The fraction of sp³-hybridized carbons (Fsp3) is 0.400. The van der Waals surface area contributed by atoms with Crippen LogP contribution in [0.2, 0.25) is 0 Å². The lowest BCUT2D eigenvalue weighted by molar-refractivity contribution is -0.137. The van der Waals surface area contributed by atoms with Gasteiger partial charge in [-0.3, -0.25) is 9.59 Å². The molecule has 2 aliphatic rings. The Balaban J connectivity index is 1.18. The number of aryl methyl sites for hydroxylation is 2. The number of benzene rings is 3. The molecule has 0 saturated carbocycles. The molecule has 0 bridgehead atoms. The number of para-hydroxylation sites is 1. The molecule has 2 amide bonds. The molecule has 0 aliphatic carbocycles. The molecule has 2 fully saturated rings. The minimum absolute atomic E-state index is 0.0428. The first-order valence-electron chi connectivity index (χ1n) is 18.3.